The number of hydrogen-bond acceptors (Lipinski definition) is 6. The van der Waals surface area contributed by atoms with Crippen LogP contribution in [0.2, 0.25) is 0 Å². The second-order valence-corrected chi connectivity index (χ2v) is 9.58. The van der Waals surface area contributed by atoms with Crippen LogP contribution in [0.3, 0.4) is 0 Å². The summed E-state index contributed by atoms with van der Waals surface area (Å²) in [5.74, 6) is -3.69. The molecule has 0 aliphatic carbocycles. The standard InChI is InChI=1S/2C16H11NO4.Zn/c2*1-9-8-14(18)17(15(9)19)13-7-6-12(16(20)21)10-4-2-3-5-11(10)13;/h2*2-8H,1H3,(H,20,21);. The summed E-state index contributed by atoms with van der Waals surface area (Å²) in [6.45, 7) is 3.15. The molecule has 2 N–H and O–H groups in total. The molecular weight excluding hydrogens is 606 g/mol. The fourth-order valence-corrected chi connectivity index (χ4v) is 4.96. The van der Waals surface area contributed by atoms with E-state index in [2.05, 4.69) is 0 Å². The van der Waals surface area contributed by atoms with Gasteiger partial charge < -0.3 is 10.2 Å². The fraction of sp³-hybridized carbons (Fsp3) is 0.0625. The maximum Gasteiger partial charge on any atom is 0.336 e. The van der Waals surface area contributed by atoms with Gasteiger partial charge in [0.25, 0.3) is 23.6 Å². The van der Waals surface area contributed by atoms with Crippen LogP contribution >= 0.6 is 0 Å². The van der Waals surface area contributed by atoms with Crippen LogP contribution in [-0.2, 0) is 38.7 Å². The van der Waals surface area contributed by atoms with E-state index >= 15 is 0 Å². The summed E-state index contributed by atoms with van der Waals surface area (Å²) in [5, 5.41) is 20.6. The Balaban J connectivity index is 0.000000192. The zero-order chi connectivity index (χ0) is 30.3. The molecule has 210 valence electrons. The largest absolute Gasteiger partial charge is 0.478 e. The van der Waals surface area contributed by atoms with Gasteiger partial charge >= 0.3 is 11.9 Å². The van der Waals surface area contributed by atoms with Crippen molar-refractivity contribution in [3.05, 3.63) is 107 Å². The van der Waals surface area contributed by atoms with E-state index in [1.807, 2.05) is 0 Å². The summed E-state index contributed by atoms with van der Waals surface area (Å²) in [6.07, 6.45) is 2.56. The first-order valence-electron chi connectivity index (χ1n) is 12.6. The minimum atomic E-state index is -1.05. The first-order chi connectivity index (χ1) is 20.0. The molecule has 4 amide bonds. The van der Waals surface area contributed by atoms with Crippen LogP contribution in [0.1, 0.15) is 34.6 Å². The zero-order valence-electron chi connectivity index (χ0n) is 23.0. The minimum Gasteiger partial charge on any atom is -0.478 e. The number of nitrogens with zero attached hydrogens (tertiary/aromatic N) is 2. The topological polar surface area (TPSA) is 149 Å². The Labute approximate surface area is 257 Å². The molecule has 0 atom stereocenters. The molecule has 11 heteroatoms. The van der Waals surface area contributed by atoms with Crippen molar-refractivity contribution in [1.29, 1.82) is 0 Å². The number of aromatic carboxylic acids is 2. The maximum atomic E-state index is 12.1. The third-order valence-electron chi connectivity index (χ3n) is 6.95. The Morgan fingerprint density at radius 1 is 0.535 bits per heavy atom. The van der Waals surface area contributed by atoms with E-state index in [1.54, 1.807) is 62.4 Å². The summed E-state index contributed by atoms with van der Waals surface area (Å²) in [4.78, 5) is 72.8. The van der Waals surface area contributed by atoms with Crippen molar-refractivity contribution in [3.8, 4) is 0 Å². The van der Waals surface area contributed by atoms with Gasteiger partial charge in [0, 0.05) is 53.5 Å². The average molecular weight is 628 g/mol. The number of carboxylic acid groups (broad SMARTS) is 2. The number of fused-ring (bicyclic) bond motifs is 2. The maximum absolute atomic E-state index is 12.1. The predicted molar refractivity (Wildman–Crippen MR) is 154 cm³/mol. The molecule has 0 radical (unpaired) electrons. The van der Waals surface area contributed by atoms with E-state index < -0.39 is 23.8 Å². The second kappa shape index (κ2) is 11.9. The molecule has 4 aromatic rings. The Kier molecular flexibility index (Phi) is 8.50. The molecule has 0 unspecified atom stereocenters. The number of carbonyl (C=O) groups excluding carboxylic acids is 4. The quantitative estimate of drug-likeness (QED) is 0.244. The molecule has 0 aromatic heterocycles. The van der Waals surface area contributed by atoms with Crippen molar-refractivity contribution >= 4 is 68.5 Å². The van der Waals surface area contributed by atoms with Gasteiger partial charge in [-0.3, -0.25) is 19.2 Å². The van der Waals surface area contributed by atoms with Crippen molar-refractivity contribution in [2.45, 2.75) is 13.8 Å². The number of anilines is 2. The van der Waals surface area contributed by atoms with Crippen molar-refractivity contribution in [1.82, 2.24) is 0 Å². The molecule has 0 saturated heterocycles. The van der Waals surface area contributed by atoms with Gasteiger partial charge in [-0.15, -0.1) is 0 Å². The Bertz CT molecular complexity index is 1820. The van der Waals surface area contributed by atoms with Crippen LogP contribution in [0, 0.1) is 0 Å². The van der Waals surface area contributed by atoms with E-state index in [9.17, 15) is 39.0 Å². The first kappa shape index (κ1) is 30.7. The summed E-state index contributed by atoms with van der Waals surface area (Å²) in [7, 11) is 0. The number of hydrogen-bond donors (Lipinski definition) is 2. The third-order valence-corrected chi connectivity index (χ3v) is 6.95. The number of imide groups is 2. The van der Waals surface area contributed by atoms with Crippen LogP contribution < -0.4 is 9.80 Å². The van der Waals surface area contributed by atoms with Crippen molar-refractivity contribution < 1.29 is 58.5 Å². The van der Waals surface area contributed by atoms with Gasteiger partial charge in [0.15, 0.2) is 0 Å². The average Bonchev–Trinajstić information content (AvgIpc) is 3.37. The monoisotopic (exact) mass is 626 g/mol. The molecule has 0 fully saturated rings. The summed E-state index contributed by atoms with van der Waals surface area (Å²) < 4.78 is 0. The molecule has 43 heavy (non-hydrogen) atoms. The van der Waals surface area contributed by atoms with Gasteiger partial charge in [0.2, 0.25) is 0 Å². The van der Waals surface area contributed by atoms with Gasteiger partial charge in [-0.05, 0) is 48.9 Å². The van der Waals surface area contributed by atoms with E-state index in [4.69, 9.17) is 0 Å². The molecule has 10 nitrogen and oxygen atoms in total. The first-order valence-corrected chi connectivity index (χ1v) is 12.6. The number of carbonyl (C=O) groups is 6. The molecule has 2 aliphatic rings. The number of amides is 4. The van der Waals surface area contributed by atoms with Crippen molar-refractivity contribution in [2.24, 2.45) is 0 Å². The van der Waals surface area contributed by atoms with Crippen LogP contribution in [0.4, 0.5) is 11.4 Å². The van der Waals surface area contributed by atoms with Crippen molar-refractivity contribution in [2.75, 3.05) is 9.80 Å². The zero-order valence-corrected chi connectivity index (χ0v) is 26.0. The van der Waals surface area contributed by atoms with Gasteiger partial charge in [-0.2, -0.15) is 0 Å². The van der Waals surface area contributed by atoms with Crippen molar-refractivity contribution in [3.63, 3.8) is 0 Å². The molecule has 2 heterocycles. The molecule has 0 spiro atoms. The molecule has 0 saturated carbocycles. The van der Waals surface area contributed by atoms with Gasteiger partial charge in [0.05, 0.1) is 22.5 Å². The van der Waals surface area contributed by atoms with Crippen LogP contribution in [0.25, 0.3) is 21.5 Å². The second-order valence-electron chi connectivity index (χ2n) is 9.58. The summed E-state index contributed by atoms with van der Waals surface area (Å²) >= 11 is 0. The fourth-order valence-electron chi connectivity index (χ4n) is 4.96. The Morgan fingerprint density at radius 2 is 0.860 bits per heavy atom. The SMILES string of the molecule is CC1=CC(=O)N(c2ccc(C(=O)O)c3ccccc23)C1=O.CC1=CC(=O)N(c2ccc(C(=O)O)c3ccccc23)C1=O.[Zn]. The van der Waals surface area contributed by atoms with E-state index in [-0.39, 0.29) is 42.4 Å². The number of rotatable bonds is 4. The third kappa shape index (κ3) is 5.38. The van der Waals surface area contributed by atoms with E-state index in [1.165, 1.54) is 36.4 Å². The smallest absolute Gasteiger partial charge is 0.336 e. The molecule has 4 aromatic carbocycles. The Morgan fingerprint density at radius 3 is 1.14 bits per heavy atom. The van der Waals surface area contributed by atoms with E-state index in [0.717, 1.165) is 9.80 Å². The predicted octanol–water partition coefficient (Wildman–Crippen LogP) is 4.71. The summed E-state index contributed by atoms with van der Waals surface area (Å²) in [5.41, 5.74) is 1.81. The van der Waals surface area contributed by atoms with Gasteiger partial charge in [-0.25, -0.2) is 19.4 Å². The molecule has 0 bridgehead atoms. The minimum absolute atomic E-state index is 0. The van der Waals surface area contributed by atoms with E-state index in [0.29, 0.717) is 44.1 Å². The van der Waals surface area contributed by atoms with Crippen LogP contribution in [-0.4, -0.2) is 45.8 Å². The van der Waals surface area contributed by atoms with Gasteiger partial charge in [0.1, 0.15) is 0 Å². The molecule has 2 aliphatic heterocycles. The molecule has 6 rings (SSSR count). The van der Waals surface area contributed by atoms with Crippen LogP contribution in [0.5, 0.6) is 0 Å². The normalized spacial score (nSPS) is 14.4. The van der Waals surface area contributed by atoms with Gasteiger partial charge in [-0.1, -0.05) is 48.5 Å². The Hall–Kier alpha value is -5.28. The summed E-state index contributed by atoms with van der Waals surface area (Å²) in [6, 6.07) is 19.4. The number of carboxylic acids is 2. The number of benzene rings is 4. The van der Waals surface area contributed by atoms with Crippen LogP contribution in [0.15, 0.2) is 96.1 Å². The molecular formula is C32H22N2O8Zn.